The molecule has 0 fully saturated rings. The van der Waals surface area contributed by atoms with Crippen LogP contribution in [-0.4, -0.2) is 24.5 Å². The highest BCUT2D eigenvalue weighted by atomic mass is 19.1. The van der Waals surface area contributed by atoms with Crippen molar-refractivity contribution in [1.29, 1.82) is 5.26 Å². The summed E-state index contributed by atoms with van der Waals surface area (Å²) in [5, 5.41) is 12.7. The maximum Gasteiger partial charge on any atom is 0.150 e. The van der Waals surface area contributed by atoms with E-state index >= 15 is 0 Å². The van der Waals surface area contributed by atoms with E-state index in [0.717, 1.165) is 16.9 Å². The summed E-state index contributed by atoms with van der Waals surface area (Å²) in [6.45, 7) is 1.89. The highest BCUT2D eigenvalue weighted by Crippen LogP contribution is 2.30. The number of halogens is 1. The lowest BCUT2D eigenvalue weighted by molar-refractivity contribution is 0.629. The van der Waals surface area contributed by atoms with Crippen LogP contribution in [0.2, 0.25) is 0 Å². The number of nitrogens with zero attached hydrogens (tertiary/aromatic N) is 6. The molecular weight excluding hydrogens is 431 g/mol. The standard InChI is InChI=1S/C25H19FN8/c1-15(32-24-19(13-27)23(28)30-14-31-24)25-33-21-9-8-17(26)12-22(21)34(25)18-6-4-5-16(11-18)20-7-2-3-10-29-20/h2-12,14-15H,1H3,(H3,28,30,31,32)/t15-/m0/s1. The molecule has 1 atom stereocenters. The third kappa shape index (κ3) is 3.78. The molecule has 2 aromatic carbocycles. The summed E-state index contributed by atoms with van der Waals surface area (Å²) in [5.74, 6) is 0.636. The van der Waals surface area contributed by atoms with Crippen molar-refractivity contribution >= 4 is 22.7 Å². The third-order valence-corrected chi connectivity index (χ3v) is 5.44. The summed E-state index contributed by atoms with van der Waals surface area (Å²) >= 11 is 0. The normalized spacial score (nSPS) is 11.8. The van der Waals surface area contributed by atoms with Crippen molar-refractivity contribution in [2.45, 2.75) is 13.0 Å². The van der Waals surface area contributed by atoms with Crippen LogP contribution in [0.4, 0.5) is 16.0 Å². The molecule has 3 N–H and O–H groups in total. The van der Waals surface area contributed by atoms with Gasteiger partial charge in [0, 0.05) is 23.5 Å². The molecule has 3 heterocycles. The summed E-state index contributed by atoms with van der Waals surface area (Å²) in [6.07, 6.45) is 3.03. The zero-order chi connectivity index (χ0) is 23.7. The van der Waals surface area contributed by atoms with E-state index in [2.05, 4.69) is 20.3 Å². The van der Waals surface area contributed by atoms with Gasteiger partial charge in [-0.2, -0.15) is 5.26 Å². The number of nitrogens with two attached hydrogens (primary N) is 1. The minimum absolute atomic E-state index is 0.0887. The van der Waals surface area contributed by atoms with Gasteiger partial charge in [0.2, 0.25) is 0 Å². The molecule has 0 aliphatic rings. The van der Waals surface area contributed by atoms with E-state index in [-0.39, 0.29) is 17.2 Å². The number of rotatable bonds is 5. The Bertz CT molecular complexity index is 1540. The zero-order valence-electron chi connectivity index (χ0n) is 18.1. The van der Waals surface area contributed by atoms with Crippen molar-refractivity contribution in [3.8, 4) is 23.0 Å². The molecule has 0 unspecified atom stereocenters. The van der Waals surface area contributed by atoms with E-state index in [9.17, 15) is 9.65 Å². The maximum absolute atomic E-state index is 14.2. The average Bonchev–Trinajstić information content (AvgIpc) is 3.24. The predicted octanol–water partition coefficient (Wildman–Crippen LogP) is 4.64. The molecular formula is C25H19FN8. The van der Waals surface area contributed by atoms with E-state index in [1.807, 2.05) is 60.0 Å². The first-order valence-corrected chi connectivity index (χ1v) is 10.5. The van der Waals surface area contributed by atoms with Crippen LogP contribution in [0.25, 0.3) is 28.0 Å². The molecule has 0 aliphatic carbocycles. The highest BCUT2D eigenvalue weighted by Gasteiger charge is 2.21. The lowest BCUT2D eigenvalue weighted by atomic mass is 10.1. The average molecular weight is 450 g/mol. The van der Waals surface area contributed by atoms with Gasteiger partial charge in [-0.25, -0.2) is 19.3 Å². The molecule has 5 aromatic rings. The second-order valence-corrected chi connectivity index (χ2v) is 7.66. The van der Waals surface area contributed by atoms with Crippen LogP contribution in [0.15, 0.2) is 73.2 Å². The Labute approximate surface area is 194 Å². The number of pyridine rings is 1. The molecule has 0 radical (unpaired) electrons. The number of hydrogen-bond donors (Lipinski definition) is 2. The van der Waals surface area contributed by atoms with E-state index in [0.29, 0.717) is 22.7 Å². The molecule has 8 nitrogen and oxygen atoms in total. The van der Waals surface area contributed by atoms with Gasteiger partial charge in [0.25, 0.3) is 0 Å². The Balaban J connectivity index is 1.65. The van der Waals surface area contributed by atoms with Gasteiger partial charge in [-0.05, 0) is 43.3 Å². The quantitative estimate of drug-likeness (QED) is 0.400. The summed E-state index contributed by atoms with van der Waals surface area (Å²) in [6, 6.07) is 19.6. The van der Waals surface area contributed by atoms with Gasteiger partial charge in [-0.15, -0.1) is 0 Å². The number of hydrogen-bond acceptors (Lipinski definition) is 7. The van der Waals surface area contributed by atoms with E-state index in [1.165, 1.54) is 18.5 Å². The highest BCUT2D eigenvalue weighted by molar-refractivity contribution is 5.79. The van der Waals surface area contributed by atoms with Gasteiger partial charge in [-0.1, -0.05) is 18.2 Å². The summed E-state index contributed by atoms with van der Waals surface area (Å²) < 4.78 is 16.1. The minimum Gasteiger partial charge on any atom is -0.382 e. The van der Waals surface area contributed by atoms with Crippen LogP contribution < -0.4 is 11.1 Å². The molecule has 166 valence electrons. The van der Waals surface area contributed by atoms with Crippen molar-refractivity contribution in [2.75, 3.05) is 11.1 Å². The largest absolute Gasteiger partial charge is 0.382 e. The Morgan fingerprint density at radius 3 is 2.74 bits per heavy atom. The molecule has 0 aliphatic heterocycles. The second-order valence-electron chi connectivity index (χ2n) is 7.66. The molecule has 34 heavy (non-hydrogen) atoms. The van der Waals surface area contributed by atoms with Gasteiger partial charge < -0.3 is 11.1 Å². The molecule has 0 amide bonds. The Kier molecular flexibility index (Phi) is 5.32. The van der Waals surface area contributed by atoms with Crippen LogP contribution in [0.3, 0.4) is 0 Å². The number of benzene rings is 2. The van der Waals surface area contributed by atoms with Crippen molar-refractivity contribution in [1.82, 2.24) is 24.5 Å². The first-order chi connectivity index (χ1) is 16.5. The van der Waals surface area contributed by atoms with Crippen LogP contribution in [0.1, 0.15) is 24.4 Å². The van der Waals surface area contributed by atoms with E-state index in [4.69, 9.17) is 10.7 Å². The maximum atomic E-state index is 14.2. The molecule has 0 spiro atoms. The fraction of sp³-hybridized carbons (Fsp3) is 0.0800. The van der Waals surface area contributed by atoms with Crippen LogP contribution in [0, 0.1) is 17.1 Å². The molecule has 3 aromatic heterocycles. The smallest absolute Gasteiger partial charge is 0.150 e. The van der Waals surface area contributed by atoms with Gasteiger partial charge >= 0.3 is 0 Å². The van der Waals surface area contributed by atoms with Crippen molar-refractivity contribution in [2.24, 2.45) is 0 Å². The molecule has 0 saturated heterocycles. The molecule has 5 rings (SSSR count). The summed E-state index contributed by atoms with van der Waals surface area (Å²) in [7, 11) is 0. The molecule has 0 saturated carbocycles. The number of anilines is 2. The van der Waals surface area contributed by atoms with Gasteiger partial charge in [-0.3, -0.25) is 9.55 Å². The van der Waals surface area contributed by atoms with E-state index in [1.54, 1.807) is 12.3 Å². The number of nitriles is 1. The second kappa shape index (κ2) is 8.60. The minimum atomic E-state index is -0.407. The molecule has 0 bridgehead atoms. The lowest BCUT2D eigenvalue weighted by Crippen LogP contribution is -2.15. The predicted molar refractivity (Wildman–Crippen MR) is 127 cm³/mol. The summed E-state index contributed by atoms with van der Waals surface area (Å²) in [4.78, 5) is 17.2. The van der Waals surface area contributed by atoms with Crippen LogP contribution >= 0.6 is 0 Å². The monoisotopic (exact) mass is 450 g/mol. The van der Waals surface area contributed by atoms with E-state index < -0.39 is 6.04 Å². The molecule has 9 heteroatoms. The van der Waals surface area contributed by atoms with Crippen molar-refractivity contribution in [3.63, 3.8) is 0 Å². The third-order valence-electron chi connectivity index (χ3n) is 5.44. The fourth-order valence-corrected chi connectivity index (χ4v) is 3.86. The van der Waals surface area contributed by atoms with Gasteiger partial charge in [0.05, 0.1) is 22.8 Å². The number of fused-ring (bicyclic) bond motifs is 1. The van der Waals surface area contributed by atoms with Gasteiger partial charge in [0.1, 0.15) is 41.2 Å². The summed E-state index contributed by atoms with van der Waals surface area (Å²) in [5.41, 5.74) is 9.77. The van der Waals surface area contributed by atoms with Crippen molar-refractivity contribution in [3.05, 3.63) is 90.4 Å². The first kappa shape index (κ1) is 21.0. The Hall–Kier alpha value is -4.84. The number of imidazole rings is 1. The number of aromatic nitrogens is 5. The SMILES string of the molecule is C[C@H](Nc1ncnc(N)c1C#N)c1nc2ccc(F)cc2n1-c1cccc(-c2ccccn2)c1. The fourth-order valence-electron chi connectivity index (χ4n) is 3.86. The zero-order valence-corrected chi connectivity index (χ0v) is 18.1. The topological polar surface area (TPSA) is 118 Å². The first-order valence-electron chi connectivity index (χ1n) is 10.5. The van der Waals surface area contributed by atoms with Crippen LogP contribution in [-0.2, 0) is 0 Å². The van der Waals surface area contributed by atoms with Gasteiger partial charge in [0.15, 0.2) is 0 Å². The Morgan fingerprint density at radius 1 is 1.06 bits per heavy atom. The number of nitrogen functional groups attached to an aromatic ring is 1. The van der Waals surface area contributed by atoms with Crippen LogP contribution in [0.5, 0.6) is 0 Å². The number of nitrogens with one attached hydrogen (secondary N) is 1. The van der Waals surface area contributed by atoms with Crippen molar-refractivity contribution < 1.29 is 4.39 Å². The lowest BCUT2D eigenvalue weighted by Gasteiger charge is -2.18. The Morgan fingerprint density at radius 2 is 1.94 bits per heavy atom.